The van der Waals surface area contributed by atoms with Gasteiger partial charge in [0.25, 0.3) is 0 Å². The molecule has 1 aliphatic heterocycles. The minimum absolute atomic E-state index is 0.205. The molecule has 60 heavy (non-hydrogen) atoms. The molecular weight excluding hydrogens is 790 g/mol. The molecule has 0 fully saturated rings. The normalized spacial score (nSPS) is 13.1. The Morgan fingerprint density at radius 3 is 1.48 bits per heavy atom. The van der Waals surface area contributed by atoms with E-state index in [2.05, 4.69) is 153 Å². The van der Waals surface area contributed by atoms with E-state index in [9.17, 15) is 0 Å². The van der Waals surface area contributed by atoms with E-state index in [0.717, 1.165) is 105 Å². The zero-order valence-electron chi connectivity index (χ0n) is 34.3. The van der Waals surface area contributed by atoms with Crippen molar-refractivity contribution in [3.8, 4) is 33.6 Å². The SMILES string of the molecule is C[Si](C)(C)c1ccc(-c2c3c(cc4c2oc2ccccc24)N(c2cnccc2-c2ccncc2)c2cc4c(oc5ccccc54)c(-c4ccc([Si](C)(C)C)cn4)c2P3)nc1. The highest BCUT2D eigenvalue weighted by atomic mass is 31.1. The molecule has 7 heterocycles. The van der Waals surface area contributed by atoms with Crippen molar-refractivity contribution in [3.63, 3.8) is 0 Å². The van der Waals surface area contributed by atoms with Crippen LogP contribution in [0.25, 0.3) is 77.5 Å². The molecule has 10 heteroatoms. The van der Waals surface area contributed by atoms with Crippen molar-refractivity contribution in [1.29, 1.82) is 0 Å². The summed E-state index contributed by atoms with van der Waals surface area (Å²) in [6.45, 7) is 14.2. The highest BCUT2D eigenvalue weighted by Crippen LogP contribution is 2.52. The number of benzene rings is 4. The number of fused-ring (bicyclic) bond motifs is 8. The monoisotopic (exact) mass is 831 g/mol. The second-order valence-corrected chi connectivity index (χ2v) is 29.1. The van der Waals surface area contributed by atoms with E-state index in [-0.39, 0.29) is 8.58 Å². The Morgan fingerprint density at radius 2 is 1.00 bits per heavy atom. The quantitative estimate of drug-likeness (QED) is 0.122. The number of furan rings is 2. The van der Waals surface area contributed by atoms with Crippen LogP contribution in [0.3, 0.4) is 0 Å². The number of hydrogen-bond acceptors (Lipinski definition) is 7. The summed E-state index contributed by atoms with van der Waals surface area (Å²) in [6.07, 6.45) is 11.7. The first-order valence-corrected chi connectivity index (χ1v) is 28.3. The summed E-state index contributed by atoms with van der Waals surface area (Å²) in [5.41, 5.74) is 12.3. The predicted molar refractivity (Wildman–Crippen MR) is 257 cm³/mol. The first kappa shape index (κ1) is 36.8. The Bertz CT molecular complexity index is 3130. The summed E-state index contributed by atoms with van der Waals surface area (Å²) in [5, 5.41) is 9.12. The standard InChI is InChI=1S/C50H42N5O2PSi2/c1-59(2,3)31-15-17-38(53-27-31)45-47-36(34-11-7-9-13-43(34)56-47)25-40-49(45)58-50-41(55(40)42-29-52-24-21-33(42)30-19-22-51-23-20-30)26-37-35-12-8-10-14-44(35)57-48(37)46(50)39-18-16-32(28-54-39)60(4,5)6/h7-29,58H,1-6H3. The highest BCUT2D eigenvalue weighted by molar-refractivity contribution is 7.57. The number of anilines is 3. The Balaban J connectivity index is 1.30. The summed E-state index contributed by atoms with van der Waals surface area (Å²) in [6, 6.07) is 36.5. The van der Waals surface area contributed by atoms with Gasteiger partial charge in [0, 0.05) is 68.7 Å². The molecule has 0 saturated heterocycles. The molecular formula is C50H42N5O2PSi2. The van der Waals surface area contributed by atoms with Gasteiger partial charge in [-0.3, -0.25) is 19.9 Å². The summed E-state index contributed by atoms with van der Waals surface area (Å²) in [5.74, 6) is 0. The molecule has 0 amide bonds. The second-order valence-electron chi connectivity index (χ2n) is 17.7. The molecule has 7 nitrogen and oxygen atoms in total. The molecule has 6 aromatic heterocycles. The Morgan fingerprint density at radius 1 is 0.500 bits per heavy atom. The maximum atomic E-state index is 6.90. The van der Waals surface area contributed by atoms with Gasteiger partial charge in [-0.15, -0.1) is 0 Å². The molecule has 10 aromatic rings. The molecule has 292 valence electrons. The van der Waals surface area contributed by atoms with Crippen LogP contribution < -0.4 is 25.9 Å². The summed E-state index contributed by atoms with van der Waals surface area (Å²) in [7, 11) is -3.05. The number of nitrogens with zero attached hydrogens (tertiary/aromatic N) is 5. The number of rotatable bonds is 6. The summed E-state index contributed by atoms with van der Waals surface area (Å²) < 4.78 is 13.8. The average Bonchev–Trinajstić information content (AvgIpc) is 3.82. The van der Waals surface area contributed by atoms with E-state index in [0.29, 0.717) is 0 Å². The van der Waals surface area contributed by atoms with Crippen LogP contribution >= 0.6 is 8.58 Å². The number of aromatic nitrogens is 4. The van der Waals surface area contributed by atoms with Crippen LogP contribution in [0.4, 0.5) is 17.1 Å². The van der Waals surface area contributed by atoms with Crippen molar-refractivity contribution in [1.82, 2.24) is 19.9 Å². The van der Waals surface area contributed by atoms with Crippen molar-refractivity contribution < 1.29 is 8.83 Å². The molecule has 0 atom stereocenters. The first-order chi connectivity index (χ1) is 29.0. The van der Waals surface area contributed by atoms with Crippen molar-refractivity contribution in [3.05, 3.63) is 140 Å². The van der Waals surface area contributed by atoms with E-state index >= 15 is 0 Å². The van der Waals surface area contributed by atoms with E-state index in [1.165, 1.54) is 10.4 Å². The predicted octanol–water partition coefficient (Wildman–Crippen LogP) is 11.6. The van der Waals surface area contributed by atoms with Crippen molar-refractivity contribution >= 4 is 107 Å². The largest absolute Gasteiger partial charge is 0.455 e. The molecule has 0 unspecified atom stereocenters. The number of hydrogen-bond donors (Lipinski definition) is 0. The van der Waals surface area contributed by atoms with Crippen LogP contribution in [0, 0.1) is 0 Å². The number of pyridine rings is 4. The lowest BCUT2D eigenvalue weighted by Gasteiger charge is -2.36. The maximum Gasteiger partial charge on any atom is 0.145 e. The Kier molecular flexibility index (Phi) is 8.37. The Labute approximate surface area is 352 Å². The molecule has 0 aliphatic carbocycles. The molecule has 1 aliphatic rings. The second kappa shape index (κ2) is 13.6. The van der Waals surface area contributed by atoms with Crippen LogP contribution in [0.15, 0.2) is 149 Å². The van der Waals surface area contributed by atoms with Gasteiger partial charge in [0.15, 0.2) is 0 Å². The highest BCUT2D eigenvalue weighted by Gasteiger charge is 2.36. The Hall–Kier alpha value is -6.26. The first-order valence-electron chi connectivity index (χ1n) is 20.3. The fraction of sp³-hybridized carbons (Fsp3) is 0.120. The fourth-order valence-electron chi connectivity index (χ4n) is 8.61. The van der Waals surface area contributed by atoms with Gasteiger partial charge in [-0.1, -0.05) is 96.4 Å². The van der Waals surface area contributed by atoms with Gasteiger partial charge in [-0.25, -0.2) is 0 Å². The van der Waals surface area contributed by atoms with Gasteiger partial charge in [-0.05, 0) is 70.5 Å². The zero-order valence-corrected chi connectivity index (χ0v) is 37.3. The van der Waals surface area contributed by atoms with Gasteiger partial charge in [0.2, 0.25) is 0 Å². The zero-order chi connectivity index (χ0) is 40.9. The van der Waals surface area contributed by atoms with E-state index < -0.39 is 16.1 Å². The lowest BCUT2D eigenvalue weighted by molar-refractivity contribution is 0.670. The molecule has 0 N–H and O–H groups in total. The molecule has 0 radical (unpaired) electrons. The molecule has 0 saturated carbocycles. The van der Waals surface area contributed by atoms with Crippen LogP contribution in [0.1, 0.15) is 0 Å². The van der Waals surface area contributed by atoms with E-state index in [4.69, 9.17) is 23.8 Å². The fourth-order valence-corrected chi connectivity index (χ4v) is 12.3. The van der Waals surface area contributed by atoms with Crippen LogP contribution in [-0.4, -0.2) is 36.1 Å². The van der Waals surface area contributed by atoms with Crippen molar-refractivity contribution in [2.75, 3.05) is 4.90 Å². The van der Waals surface area contributed by atoms with Crippen LogP contribution in [-0.2, 0) is 0 Å². The van der Waals surface area contributed by atoms with Crippen molar-refractivity contribution in [2.24, 2.45) is 0 Å². The summed E-state index contributed by atoms with van der Waals surface area (Å²) >= 11 is 0. The topological polar surface area (TPSA) is 81.1 Å². The molecule has 0 spiro atoms. The van der Waals surface area contributed by atoms with Gasteiger partial charge in [0.05, 0.1) is 61.9 Å². The lowest BCUT2D eigenvalue weighted by Crippen LogP contribution is -2.37. The van der Waals surface area contributed by atoms with E-state index in [1.54, 1.807) is 0 Å². The average molecular weight is 832 g/mol. The van der Waals surface area contributed by atoms with E-state index in [1.807, 2.05) is 36.9 Å². The molecule has 4 aromatic carbocycles. The maximum absolute atomic E-state index is 6.90. The third kappa shape index (κ3) is 5.86. The minimum Gasteiger partial charge on any atom is -0.455 e. The van der Waals surface area contributed by atoms with Crippen molar-refractivity contribution in [2.45, 2.75) is 39.3 Å². The minimum atomic E-state index is -1.63. The van der Waals surface area contributed by atoms with Gasteiger partial charge in [0.1, 0.15) is 22.3 Å². The number of para-hydroxylation sites is 2. The third-order valence-electron chi connectivity index (χ3n) is 11.8. The van der Waals surface area contributed by atoms with Gasteiger partial charge >= 0.3 is 0 Å². The lowest BCUT2D eigenvalue weighted by atomic mass is 9.99. The smallest absolute Gasteiger partial charge is 0.145 e. The van der Waals surface area contributed by atoms with Gasteiger partial charge in [-0.2, -0.15) is 0 Å². The third-order valence-corrected chi connectivity index (χ3v) is 17.4. The van der Waals surface area contributed by atoms with Gasteiger partial charge < -0.3 is 13.7 Å². The molecule has 0 bridgehead atoms. The summed E-state index contributed by atoms with van der Waals surface area (Å²) in [4.78, 5) is 22.1. The van der Waals surface area contributed by atoms with Crippen LogP contribution in [0.2, 0.25) is 39.3 Å². The van der Waals surface area contributed by atoms with Crippen LogP contribution in [0.5, 0.6) is 0 Å². The molecule has 11 rings (SSSR count).